The van der Waals surface area contributed by atoms with E-state index in [2.05, 4.69) is 4.98 Å². The predicted molar refractivity (Wildman–Crippen MR) is 57.9 cm³/mol. The fraction of sp³-hybridized carbons (Fsp3) is 0.545. The summed E-state index contributed by atoms with van der Waals surface area (Å²) in [4.78, 5) is 4.06. The molecular weight excluding hydrogens is 176 g/mol. The Bertz CT molecular complexity index is 319. The van der Waals surface area contributed by atoms with Crippen LogP contribution in [-0.4, -0.2) is 10.1 Å². The van der Waals surface area contributed by atoms with Crippen LogP contribution in [0.25, 0.3) is 0 Å². The van der Waals surface area contributed by atoms with Crippen molar-refractivity contribution in [1.29, 1.82) is 0 Å². The summed E-state index contributed by atoms with van der Waals surface area (Å²) in [6, 6.07) is 1.91. The molecule has 0 aliphatic rings. The highest BCUT2D eigenvalue weighted by molar-refractivity contribution is 5.44. The van der Waals surface area contributed by atoms with Gasteiger partial charge in [0.05, 0.1) is 5.60 Å². The molecule has 0 saturated heterocycles. The molecule has 1 aromatic rings. The van der Waals surface area contributed by atoms with Gasteiger partial charge in [-0.1, -0.05) is 13.8 Å². The molecule has 0 saturated carbocycles. The van der Waals surface area contributed by atoms with E-state index in [4.69, 9.17) is 5.73 Å². The van der Waals surface area contributed by atoms with Crippen LogP contribution in [0.4, 0.5) is 5.82 Å². The molecule has 1 heterocycles. The molecule has 0 radical (unpaired) electrons. The maximum Gasteiger partial charge on any atom is 0.129 e. The third kappa shape index (κ3) is 1.87. The monoisotopic (exact) mass is 194 g/mol. The molecule has 1 aromatic heterocycles. The summed E-state index contributed by atoms with van der Waals surface area (Å²) in [5.74, 6) is 0.432. The van der Waals surface area contributed by atoms with Crippen molar-refractivity contribution in [2.75, 3.05) is 5.73 Å². The van der Waals surface area contributed by atoms with Gasteiger partial charge in [-0.15, -0.1) is 0 Å². The van der Waals surface area contributed by atoms with Crippen LogP contribution in [0.5, 0.6) is 0 Å². The minimum atomic E-state index is -0.830. The molecule has 78 valence electrons. The molecule has 0 unspecified atom stereocenters. The van der Waals surface area contributed by atoms with E-state index in [0.717, 1.165) is 11.1 Å². The minimum absolute atomic E-state index is 0.432. The Morgan fingerprint density at radius 2 is 2.00 bits per heavy atom. The second-order valence-corrected chi connectivity index (χ2v) is 3.68. The van der Waals surface area contributed by atoms with Gasteiger partial charge in [0.2, 0.25) is 0 Å². The number of aliphatic hydroxyl groups is 1. The third-order valence-corrected chi connectivity index (χ3v) is 2.73. The van der Waals surface area contributed by atoms with E-state index >= 15 is 0 Å². The van der Waals surface area contributed by atoms with Crippen molar-refractivity contribution in [3.63, 3.8) is 0 Å². The summed E-state index contributed by atoms with van der Waals surface area (Å²) < 4.78 is 0. The average Bonchev–Trinajstić information content (AvgIpc) is 2.20. The lowest BCUT2D eigenvalue weighted by Gasteiger charge is -2.26. The molecule has 0 aromatic carbocycles. The van der Waals surface area contributed by atoms with Crippen molar-refractivity contribution in [2.45, 2.75) is 39.2 Å². The molecule has 3 nitrogen and oxygen atoms in total. The largest absolute Gasteiger partial charge is 0.385 e. The van der Waals surface area contributed by atoms with Gasteiger partial charge in [0.1, 0.15) is 5.82 Å². The second-order valence-electron chi connectivity index (χ2n) is 3.68. The van der Waals surface area contributed by atoms with Crippen molar-refractivity contribution >= 4 is 5.82 Å². The first kappa shape index (κ1) is 11.0. The number of hydrogen-bond donors (Lipinski definition) is 2. The zero-order chi connectivity index (χ0) is 10.8. The first-order chi connectivity index (χ1) is 6.53. The lowest BCUT2D eigenvalue weighted by atomic mass is 9.88. The molecule has 0 fully saturated rings. The van der Waals surface area contributed by atoms with Crippen LogP contribution in [0.15, 0.2) is 12.3 Å². The van der Waals surface area contributed by atoms with Gasteiger partial charge in [-0.25, -0.2) is 4.98 Å². The number of nitrogens with two attached hydrogens (primary N) is 1. The first-order valence-corrected chi connectivity index (χ1v) is 4.98. The molecule has 0 spiro atoms. The molecule has 0 amide bonds. The fourth-order valence-corrected chi connectivity index (χ4v) is 1.58. The molecule has 3 heteroatoms. The van der Waals surface area contributed by atoms with Crippen LogP contribution < -0.4 is 5.73 Å². The van der Waals surface area contributed by atoms with Gasteiger partial charge >= 0.3 is 0 Å². The van der Waals surface area contributed by atoms with E-state index in [9.17, 15) is 5.11 Å². The van der Waals surface area contributed by atoms with Crippen molar-refractivity contribution in [3.05, 3.63) is 23.4 Å². The highest BCUT2D eigenvalue weighted by Gasteiger charge is 2.27. The Hall–Kier alpha value is -1.09. The summed E-state index contributed by atoms with van der Waals surface area (Å²) in [6.07, 6.45) is 3.02. The lowest BCUT2D eigenvalue weighted by molar-refractivity contribution is 0.0288. The molecule has 0 aliphatic carbocycles. The van der Waals surface area contributed by atoms with Crippen LogP contribution in [-0.2, 0) is 5.60 Å². The number of aromatic nitrogens is 1. The second kappa shape index (κ2) is 3.96. The summed E-state index contributed by atoms with van der Waals surface area (Å²) in [5.41, 5.74) is 6.70. The van der Waals surface area contributed by atoms with Crippen LogP contribution in [0.3, 0.4) is 0 Å². The molecule has 1 rings (SSSR count). The Labute approximate surface area is 85.0 Å². The summed E-state index contributed by atoms with van der Waals surface area (Å²) in [7, 11) is 0. The van der Waals surface area contributed by atoms with E-state index in [-0.39, 0.29) is 0 Å². The van der Waals surface area contributed by atoms with Crippen LogP contribution >= 0.6 is 0 Å². The maximum absolute atomic E-state index is 10.3. The molecule has 0 aliphatic heterocycles. The van der Waals surface area contributed by atoms with E-state index in [0.29, 0.717) is 18.7 Å². The fourth-order valence-electron chi connectivity index (χ4n) is 1.58. The van der Waals surface area contributed by atoms with Gasteiger partial charge in [-0.2, -0.15) is 0 Å². The first-order valence-electron chi connectivity index (χ1n) is 4.98. The molecular formula is C11H18N2O. The van der Waals surface area contributed by atoms with Crippen molar-refractivity contribution < 1.29 is 5.11 Å². The molecule has 0 atom stereocenters. The number of rotatable bonds is 3. The number of nitrogens with zero attached hydrogens (tertiary/aromatic N) is 1. The predicted octanol–water partition coefficient (Wildman–Crippen LogP) is 1.98. The number of pyridine rings is 1. The van der Waals surface area contributed by atoms with Crippen LogP contribution in [0, 0.1) is 6.92 Å². The molecule has 0 bridgehead atoms. The van der Waals surface area contributed by atoms with Gasteiger partial charge in [-0.3, -0.25) is 0 Å². The van der Waals surface area contributed by atoms with Crippen LogP contribution in [0.2, 0.25) is 0 Å². The third-order valence-electron chi connectivity index (χ3n) is 2.73. The average molecular weight is 194 g/mol. The topological polar surface area (TPSA) is 59.1 Å². The number of nitrogen functional groups attached to an aromatic ring is 1. The number of hydrogen-bond acceptors (Lipinski definition) is 3. The SMILES string of the molecule is CCC(O)(CC)c1cc(C)cnc1N. The highest BCUT2D eigenvalue weighted by Crippen LogP contribution is 2.31. The summed E-state index contributed by atoms with van der Waals surface area (Å²) >= 11 is 0. The van der Waals surface area contributed by atoms with Gasteiger partial charge in [0.25, 0.3) is 0 Å². The van der Waals surface area contributed by atoms with Crippen molar-refractivity contribution in [3.8, 4) is 0 Å². The number of anilines is 1. The van der Waals surface area contributed by atoms with Crippen molar-refractivity contribution in [1.82, 2.24) is 4.98 Å². The highest BCUT2D eigenvalue weighted by atomic mass is 16.3. The van der Waals surface area contributed by atoms with Crippen molar-refractivity contribution in [2.24, 2.45) is 0 Å². The zero-order valence-electron chi connectivity index (χ0n) is 9.04. The Balaban J connectivity index is 3.22. The van der Waals surface area contributed by atoms with Gasteiger partial charge in [0.15, 0.2) is 0 Å². The quantitative estimate of drug-likeness (QED) is 0.773. The normalized spacial score (nSPS) is 11.7. The Morgan fingerprint density at radius 1 is 1.43 bits per heavy atom. The standard InChI is InChI=1S/C11H18N2O/c1-4-11(14,5-2)9-6-8(3)7-13-10(9)12/h6-7,14H,4-5H2,1-3H3,(H2,12,13). The summed E-state index contributed by atoms with van der Waals surface area (Å²) in [6.45, 7) is 5.85. The van der Waals surface area contributed by atoms with E-state index in [1.165, 1.54) is 0 Å². The van der Waals surface area contributed by atoms with E-state index < -0.39 is 5.60 Å². The smallest absolute Gasteiger partial charge is 0.129 e. The lowest BCUT2D eigenvalue weighted by Crippen LogP contribution is -2.25. The van der Waals surface area contributed by atoms with Gasteiger partial charge < -0.3 is 10.8 Å². The Kier molecular flexibility index (Phi) is 3.11. The molecule has 3 N–H and O–H groups in total. The van der Waals surface area contributed by atoms with Crippen LogP contribution in [0.1, 0.15) is 37.8 Å². The molecule has 14 heavy (non-hydrogen) atoms. The summed E-state index contributed by atoms with van der Waals surface area (Å²) in [5, 5.41) is 10.3. The minimum Gasteiger partial charge on any atom is -0.385 e. The maximum atomic E-state index is 10.3. The zero-order valence-corrected chi connectivity index (χ0v) is 9.04. The van der Waals surface area contributed by atoms with E-state index in [1.54, 1.807) is 6.20 Å². The number of aryl methyl sites for hydroxylation is 1. The Morgan fingerprint density at radius 3 is 2.50 bits per heavy atom. The van der Waals surface area contributed by atoms with Gasteiger partial charge in [-0.05, 0) is 31.4 Å². The van der Waals surface area contributed by atoms with E-state index in [1.807, 2.05) is 26.8 Å². The van der Waals surface area contributed by atoms with Gasteiger partial charge in [0, 0.05) is 11.8 Å².